The molecule has 1 aromatic heterocycles. The molecule has 0 bridgehead atoms. The Morgan fingerprint density at radius 3 is 2.61 bits per heavy atom. The normalized spacial score (nSPS) is 23.7. The maximum Gasteiger partial charge on any atom is 0.122 e. The quantitative estimate of drug-likeness (QED) is 0.828. The van der Waals surface area contributed by atoms with Crippen LogP contribution in [0.15, 0.2) is 18.3 Å². The van der Waals surface area contributed by atoms with E-state index < -0.39 is 0 Å². The van der Waals surface area contributed by atoms with Gasteiger partial charge in [-0.05, 0) is 32.1 Å². The number of likely N-dealkylation sites (N-methyl/N-ethyl adjacent to an activating group) is 1. The first-order chi connectivity index (χ1) is 8.49. The highest BCUT2D eigenvalue weighted by molar-refractivity contribution is 7.80. The largest absolute Gasteiger partial charge is 0.388 e. The summed E-state index contributed by atoms with van der Waals surface area (Å²) in [4.78, 5) is 9.31. The third-order valence-electron chi connectivity index (χ3n) is 3.60. The molecule has 2 unspecified atom stereocenters. The molecular weight excluding hydrogens is 244 g/mol. The molecule has 5 heteroatoms. The van der Waals surface area contributed by atoms with E-state index in [9.17, 15) is 0 Å². The van der Waals surface area contributed by atoms with Gasteiger partial charge in [0.2, 0.25) is 0 Å². The van der Waals surface area contributed by atoms with Gasteiger partial charge in [-0.15, -0.1) is 0 Å². The minimum atomic E-state index is 0.350. The van der Waals surface area contributed by atoms with E-state index in [0.717, 1.165) is 18.8 Å². The highest BCUT2D eigenvalue weighted by atomic mass is 32.1. The highest BCUT2D eigenvalue weighted by Crippen LogP contribution is 2.25. The second kappa shape index (κ2) is 5.20. The Morgan fingerprint density at radius 1 is 1.44 bits per heavy atom. The molecule has 0 spiro atoms. The van der Waals surface area contributed by atoms with E-state index in [1.807, 2.05) is 18.3 Å². The number of thiocarbonyl (C=S) groups is 1. The summed E-state index contributed by atoms with van der Waals surface area (Å²) in [6, 6.07) is 4.54. The molecule has 4 nitrogen and oxygen atoms in total. The predicted octanol–water partition coefficient (Wildman–Crippen LogP) is 1.10. The Balaban J connectivity index is 2.11. The minimum absolute atomic E-state index is 0.350. The van der Waals surface area contributed by atoms with Crippen molar-refractivity contribution in [3.8, 4) is 0 Å². The van der Waals surface area contributed by atoms with Gasteiger partial charge in [0, 0.05) is 19.1 Å². The number of nitrogens with zero attached hydrogens (tertiary/aromatic N) is 3. The third-order valence-corrected chi connectivity index (χ3v) is 3.81. The fourth-order valence-electron chi connectivity index (χ4n) is 2.55. The molecule has 2 heterocycles. The van der Waals surface area contributed by atoms with Crippen molar-refractivity contribution >= 4 is 22.9 Å². The molecule has 1 aliphatic rings. The van der Waals surface area contributed by atoms with Crippen LogP contribution in [0.5, 0.6) is 0 Å². The molecule has 1 saturated heterocycles. The summed E-state index contributed by atoms with van der Waals surface area (Å²) in [6.07, 6.45) is 1.86. The van der Waals surface area contributed by atoms with Gasteiger partial charge in [0.1, 0.15) is 4.99 Å². The molecule has 2 rings (SSSR count). The van der Waals surface area contributed by atoms with E-state index in [1.54, 1.807) is 0 Å². The van der Waals surface area contributed by atoms with Crippen molar-refractivity contribution < 1.29 is 0 Å². The molecule has 0 aliphatic carbocycles. The summed E-state index contributed by atoms with van der Waals surface area (Å²) in [5.41, 5.74) is 7.38. The van der Waals surface area contributed by atoms with Crippen molar-refractivity contribution in [2.24, 2.45) is 11.7 Å². The van der Waals surface area contributed by atoms with Gasteiger partial charge in [-0.3, -0.25) is 4.98 Å². The summed E-state index contributed by atoms with van der Waals surface area (Å²) < 4.78 is 0. The van der Waals surface area contributed by atoms with Crippen LogP contribution in [0.3, 0.4) is 0 Å². The molecule has 0 aromatic carbocycles. The lowest BCUT2D eigenvalue weighted by Crippen LogP contribution is -2.34. The van der Waals surface area contributed by atoms with E-state index in [2.05, 4.69) is 35.8 Å². The van der Waals surface area contributed by atoms with Crippen LogP contribution in [0, 0.1) is 5.92 Å². The van der Waals surface area contributed by atoms with Crippen molar-refractivity contribution in [3.05, 3.63) is 24.0 Å². The van der Waals surface area contributed by atoms with E-state index in [0.29, 0.717) is 22.6 Å². The summed E-state index contributed by atoms with van der Waals surface area (Å²) >= 11 is 4.91. The van der Waals surface area contributed by atoms with Gasteiger partial charge in [-0.2, -0.15) is 0 Å². The monoisotopic (exact) mass is 264 g/mol. The van der Waals surface area contributed by atoms with E-state index in [-0.39, 0.29) is 0 Å². The Kier molecular flexibility index (Phi) is 3.82. The highest BCUT2D eigenvalue weighted by Gasteiger charge is 2.31. The zero-order chi connectivity index (χ0) is 13.3. The average Bonchev–Trinajstić information content (AvgIpc) is 2.71. The molecule has 2 N–H and O–H groups in total. The summed E-state index contributed by atoms with van der Waals surface area (Å²) in [7, 11) is 4.28. The van der Waals surface area contributed by atoms with E-state index in [4.69, 9.17) is 18.0 Å². The van der Waals surface area contributed by atoms with Crippen molar-refractivity contribution in [2.45, 2.75) is 13.0 Å². The molecule has 98 valence electrons. The van der Waals surface area contributed by atoms with Gasteiger partial charge in [0.15, 0.2) is 0 Å². The lowest BCUT2D eigenvalue weighted by molar-refractivity contribution is 0.266. The van der Waals surface area contributed by atoms with Crippen LogP contribution in [-0.2, 0) is 0 Å². The SMILES string of the molecule is CC1CN(c2ccc(C(N)=S)nc2)CC1N(C)C. The summed E-state index contributed by atoms with van der Waals surface area (Å²) in [5, 5.41) is 0. The van der Waals surface area contributed by atoms with Crippen LogP contribution in [0.25, 0.3) is 0 Å². The second-order valence-electron chi connectivity index (χ2n) is 5.18. The Bertz CT molecular complexity index is 429. The van der Waals surface area contributed by atoms with Gasteiger partial charge in [-0.25, -0.2) is 0 Å². The van der Waals surface area contributed by atoms with Crippen LogP contribution < -0.4 is 10.6 Å². The first kappa shape index (κ1) is 13.2. The van der Waals surface area contributed by atoms with Crippen molar-refractivity contribution in [3.63, 3.8) is 0 Å². The van der Waals surface area contributed by atoms with E-state index >= 15 is 0 Å². The zero-order valence-corrected chi connectivity index (χ0v) is 11.9. The van der Waals surface area contributed by atoms with Gasteiger partial charge in [0.25, 0.3) is 0 Å². The van der Waals surface area contributed by atoms with Crippen LogP contribution >= 0.6 is 12.2 Å². The van der Waals surface area contributed by atoms with Crippen molar-refractivity contribution in [1.29, 1.82) is 0 Å². The Labute approximate surface area is 114 Å². The number of hydrogen-bond donors (Lipinski definition) is 1. The molecule has 0 radical (unpaired) electrons. The van der Waals surface area contributed by atoms with Crippen molar-refractivity contribution in [1.82, 2.24) is 9.88 Å². The number of pyridine rings is 1. The second-order valence-corrected chi connectivity index (χ2v) is 5.62. The molecule has 18 heavy (non-hydrogen) atoms. The third kappa shape index (κ3) is 2.62. The minimum Gasteiger partial charge on any atom is -0.388 e. The van der Waals surface area contributed by atoms with Gasteiger partial charge in [-0.1, -0.05) is 19.1 Å². The number of hydrogen-bond acceptors (Lipinski definition) is 4. The number of nitrogens with two attached hydrogens (primary N) is 1. The van der Waals surface area contributed by atoms with Crippen molar-refractivity contribution in [2.75, 3.05) is 32.1 Å². The number of aromatic nitrogens is 1. The number of anilines is 1. The maximum absolute atomic E-state index is 5.55. The summed E-state index contributed by atoms with van der Waals surface area (Å²) in [6.45, 7) is 4.40. The lowest BCUT2D eigenvalue weighted by atomic mass is 10.1. The molecule has 1 aliphatic heterocycles. The molecule has 0 saturated carbocycles. The van der Waals surface area contributed by atoms with Gasteiger partial charge < -0.3 is 15.5 Å². The first-order valence-electron chi connectivity index (χ1n) is 6.16. The smallest absolute Gasteiger partial charge is 0.122 e. The Hall–Kier alpha value is -1.20. The molecule has 2 atom stereocenters. The van der Waals surface area contributed by atoms with Gasteiger partial charge in [0.05, 0.1) is 17.6 Å². The van der Waals surface area contributed by atoms with Crippen LogP contribution in [0.2, 0.25) is 0 Å². The van der Waals surface area contributed by atoms with Crippen LogP contribution in [0.1, 0.15) is 12.6 Å². The molecule has 1 aromatic rings. The lowest BCUT2D eigenvalue weighted by Gasteiger charge is -2.22. The Morgan fingerprint density at radius 2 is 2.17 bits per heavy atom. The van der Waals surface area contributed by atoms with Crippen LogP contribution in [-0.4, -0.2) is 48.1 Å². The van der Waals surface area contributed by atoms with Gasteiger partial charge >= 0.3 is 0 Å². The molecular formula is C13H20N4S. The fourth-order valence-corrected chi connectivity index (χ4v) is 2.67. The fraction of sp³-hybridized carbons (Fsp3) is 0.538. The molecule has 1 fully saturated rings. The molecule has 0 amide bonds. The zero-order valence-electron chi connectivity index (χ0n) is 11.1. The van der Waals surface area contributed by atoms with Crippen LogP contribution in [0.4, 0.5) is 5.69 Å². The first-order valence-corrected chi connectivity index (χ1v) is 6.57. The topological polar surface area (TPSA) is 45.4 Å². The average molecular weight is 264 g/mol. The standard InChI is InChI=1S/C13H20N4S/c1-9-7-17(8-12(9)16(2)3)10-4-5-11(13(14)18)15-6-10/h4-6,9,12H,7-8H2,1-3H3,(H2,14,18). The predicted molar refractivity (Wildman–Crippen MR) is 79.0 cm³/mol. The summed E-state index contributed by atoms with van der Waals surface area (Å²) in [5.74, 6) is 0.662. The maximum atomic E-state index is 5.55. The number of rotatable bonds is 3. The van der Waals surface area contributed by atoms with E-state index in [1.165, 1.54) is 0 Å².